The molecule has 1 atom stereocenters. The first-order chi connectivity index (χ1) is 5.47. The van der Waals surface area contributed by atoms with E-state index in [4.69, 9.17) is 0 Å². The molecule has 0 radical (unpaired) electrons. The molecule has 1 N–H and O–H groups in total. The van der Waals surface area contributed by atoms with E-state index in [2.05, 4.69) is 22.5 Å². The molecule has 2 heterocycles. The number of aliphatic imine (C=N–C) groups is 1. The summed E-state index contributed by atoms with van der Waals surface area (Å²) in [5, 5.41) is 3.36. The Morgan fingerprint density at radius 1 is 1.55 bits per heavy atom. The second kappa shape index (κ2) is 2.91. The highest BCUT2D eigenvalue weighted by molar-refractivity contribution is 5.73. The normalized spacial score (nSPS) is 38.9. The molecular formula is C9H12N2. The molecule has 2 rings (SSSR count). The van der Waals surface area contributed by atoms with Crippen LogP contribution in [0.25, 0.3) is 0 Å². The average Bonchev–Trinajstić information content (AvgIpc) is 2.35. The molecule has 2 nitrogen and oxygen atoms in total. The van der Waals surface area contributed by atoms with Crippen molar-refractivity contribution < 1.29 is 0 Å². The first kappa shape index (κ1) is 6.65. The lowest BCUT2D eigenvalue weighted by atomic mass is 10.0. The summed E-state index contributed by atoms with van der Waals surface area (Å²) in [5.74, 6) is 0.720. The van der Waals surface area contributed by atoms with Gasteiger partial charge < -0.3 is 5.32 Å². The minimum Gasteiger partial charge on any atom is -0.388 e. The predicted molar refractivity (Wildman–Crippen MR) is 46.4 cm³/mol. The summed E-state index contributed by atoms with van der Waals surface area (Å²) in [5.41, 5.74) is 1.36. The number of rotatable bonds is 0. The average molecular weight is 148 g/mol. The summed E-state index contributed by atoms with van der Waals surface area (Å²) >= 11 is 0. The molecule has 0 aliphatic carbocycles. The first-order valence-corrected chi connectivity index (χ1v) is 4.09. The van der Waals surface area contributed by atoms with Gasteiger partial charge >= 0.3 is 0 Å². The van der Waals surface area contributed by atoms with Crippen LogP contribution in [0.15, 0.2) is 29.0 Å². The van der Waals surface area contributed by atoms with Gasteiger partial charge in [0.15, 0.2) is 0 Å². The Morgan fingerprint density at radius 2 is 2.55 bits per heavy atom. The zero-order chi connectivity index (χ0) is 7.52. The Balaban J connectivity index is 2.21. The molecule has 0 bridgehead atoms. The third-order valence-corrected chi connectivity index (χ3v) is 2.21. The van der Waals surface area contributed by atoms with E-state index in [0.717, 1.165) is 18.9 Å². The molecule has 0 amide bonds. The van der Waals surface area contributed by atoms with Crippen LogP contribution in [0, 0.1) is 5.92 Å². The Morgan fingerprint density at radius 3 is 3.55 bits per heavy atom. The Kier molecular flexibility index (Phi) is 1.76. The Labute approximate surface area is 66.7 Å². The van der Waals surface area contributed by atoms with Crippen LogP contribution in [0.3, 0.4) is 0 Å². The number of fused-ring (bicyclic) bond motifs is 1. The van der Waals surface area contributed by atoms with Crippen LogP contribution < -0.4 is 5.32 Å². The highest BCUT2D eigenvalue weighted by atomic mass is 14.9. The molecule has 0 saturated carbocycles. The van der Waals surface area contributed by atoms with E-state index in [-0.39, 0.29) is 0 Å². The molecule has 11 heavy (non-hydrogen) atoms. The van der Waals surface area contributed by atoms with Crippen molar-refractivity contribution in [2.75, 3.05) is 6.54 Å². The van der Waals surface area contributed by atoms with Gasteiger partial charge in [-0.3, -0.25) is 4.99 Å². The summed E-state index contributed by atoms with van der Waals surface area (Å²) in [4.78, 5) is 4.07. The van der Waals surface area contributed by atoms with Crippen LogP contribution in [0.1, 0.15) is 12.8 Å². The third kappa shape index (κ3) is 1.34. The second-order valence-electron chi connectivity index (χ2n) is 2.95. The number of hydrogen-bond donors (Lipinski definition) is 1. The Bertz CT molecular complexity index is 226. The summed E-state index contributed by atoms with van der Waals surface area (Å²) < 4.78 is 0. The molecule has 1 fully saturated rings. The molecule has 2 aliphatic rings. The standard InChI is InChI=1S/C9H12N2/c1-2-8-3-7-11-9(8)4-6-10-5-1/h1,4-6,8,11H,2-3,7H2/b5-1-,9-4+,10-6+. The largest absolute Gasteiger partial charge is 0.388 e. The van der Waals surface area contributed by atoms with Crippen molar-refractivity contribution in [3.8, 4) is 0 Å². The topological polar surface area (TPSA) is 24.4 Å². The van der Waals surface area contributed by atoms with Crippen molar-refractivity contribution in [2.45, 2.75) is 12.8 Å². The van der Waals surface area contributed by atoms with Gasteiger partial charge in [0.05, 0.1) is 0 Å². The maximum absolute atomic E-state index is 4.07. The van der Waals surface area contributed by atoms with E-state index in [0.29, 0.717) is 0 Å². The molecule has 58 valence electrons. The van der Waals surface area contributed by atoms with E-state index in [9.17, 15) is 0 Å². The third-order valence-electron chi connectivity index (χ3n) is 2.21. The van der Waals surface area contributed by atoms with Crippen LogP contribution in [0.2, 0.25) is 0 Å². The summed E-state index contributed by atoms with van der Waals surface area (Å²) in [6.07, 6.45) is 10.4. The van der Waals surface area contributed by atoms with E-state index in [1.54, 1.807) is 0 Å². The highest BCUT2D eigenvalue weighted by Crippen LogP contribution is 2.23. The van der Waals surface area contributed by atoms with Crippen molar-refractivity contribution in [1.29, 1.82) is 0 Å². The van der Waals surface area contributed by atoms with Gasteiger partial charge in [0, 0.05) is 30.6 Å². The fourth-order valence-electron chi connectivity index (χ4n) is 1.59. The van der Waals surface area contributed by atoms with Gasteiger partial charge in [-0.05, 0) is 18.9 Å². The monoisotopic (exact) mass is 148 g/mol. The van der Waals surface area contributed by atoms with Crippen LogP contribution >= 0.6 is 0 Å². The lowest BCUT2D eigenvalue weighted by Crippen LogP contribution is -2.07. The van der Waals surface area contributed by atoms with Gasteiger partial charge in [0.25, 0.3) is 0 Å². The number of nitrogens with zero attached hydrogens (tertiary/aromatic N) is 1. The van der Waals surface area contributed by atoms with Crippen molar-refractivity contribution in [2.24, 2.45) is 10.9 Å². The Hall–Kier alpha value is -1.05. The van der Waals surface area contributed by atoms with Crippen molar-refractivity contribution >= 4 is 6.21 Å². The molecule has 2 aliphatic heterocycles. The van der Waals surface area contributed by atoms with Crippen molar-refractivity contribution in [3.63, 3.8) is 0 Å². The van der Waals surface area contributed by atoms with Crippen LogP contribution in [-0.2, 0) is 0 Å². The molecular weight excluding hydrogens is 136 g/mol. The number of hydrogen-bond acceptors (Lipinski definition) is 2. The van der Waals surface area contributed by atoms with Gasteiger partial charge in [-0.1, -0.05) is 6.08 Å². The molecule has 0 spiro atoms. The molecule has 0 aromatic rings. The van der Waals surface area contributed by atoms with Gasteiger partial charge in [0.2, 0.25) is 0 Å². The zero-order valence-electron chi connectivity index (χ0n) is 6.46. The van der Waals surface area contributed by atoms with Crippen molar-refractivity contribution in [1.82, 2.24) is 5.32 Å². The SMILES string of the molecule is C1=C/N=C/C=C2/NCCC2C\1. The molecule has 1 unspecified atom stereocenters. The first-order valence-electron chi connectivity index (χ1n) is 4.09. The second-order valence-corrected chi connectivity index (χ2v) is 2.95. The lowest BCUT2D eigenvalue weighted by Gasteiger charge is -2.07. The van der Waals surface area contributed by atoms with Gasteiger partial charge in [0.1, 0.15) is 0 Å². The smallest absolute Gasteiger partial charge is 0.0284 e. The molecule has 0 aromatic heterocycles. The molecule has 0 aromatic carbocycles. The number of allylic oxidation sites excluding steroid dienone is 3. The quantitative estimate of drug-likeness (QED) is 0.552. The maximum Gasteiger partial charge on any atom is 0.0284 e. The minimum absolute atomic E-state index is 0.720. The van der Waals surface area contributed by atoms with Gasteiger partial charge in [-0.15, -0.1) is 0 Å². The zero-order valence-corrected chi connectivity index (χ0v) is 6.46. The van der Waals surface area contributed by atoms with Crippen molar-refractivity contribution in [3.05, 3.63) is 24.0 Å². The van der Waals surface area contributed by atoms with E-state index in [1.807, 2.05) is 12.4 Å². The summed E-state index contributed by atoms with van der Waals surface area (Å²) in [6, 6.07) is 0. The molecule has 1 saturated heterocycles. The van der Waals surface area contributed by atoms with E-state index < -0.39 is 0 Å². The fraction of sp³-hybridized carbons (Fsp3) is 0.444. The van der Waals surface area contributed by atoms with Crippen LogP contribution in [-0.4, -0.2) is 12.8 Å². The molecule has 2 heteroatoms. The van der Waals surface area contributed by atoms with Crippen LogP contribution in [0.4, 0.5) is 0 Å². The lowest BCUT2D eigenvalue weighted by molar-refractivity contribution is 0.651. The predicted octanol–water partition coefficient (Wildman–Crippen LogP) is 1.47. The fourth-order valence-corrected chi connectivity index (χ4v) is 1.59. The van der Waals surface area contributed by atoms with Gasteiger partial charge in [-0.2, -0.15) is 0 Å². The van der Waals surface area contributed by atoms with E-state index >= 15 is 0 Å². The number of nitrogens with one attached hydrogen (secondary N) is 1. The van der Waals surface area contributed by atoms with Crippen LogP contribution in [0.5, 0.6) is 0 Å². The van der Waals surface area contributed by atoms with E-state index in [1.165, 1.54) is 12.1 Å². The maximum atomic E-state index is 4.07. The summed E-state index contributed by atoms with van der Waals surface area (Å²) in [6.45, 7) is 1.12. The van der Waals surface area contributed by atoms with Gasteiger partial charge in [-0.25, -0.2) is 0 Å². The highest BCUT2D eigenvalue weighted by Gasteiger charge is 2.18. The summed E-state index contributed by atoms with van der Waals surface area (Å²) in [7, 11) is 0. The minimum atomic E-state index is 0.720.